The first-order valence-electron chi connectivity index (χ1n) is 8.38. The molecule has 7 heteroatoms. The maximum absolute atomic E-state index is 12.8. The molecule has 2 unspecified atom stereocenters. The van der Waals surface area contributed by atoms with Gasteiger partial charge in [-0.2, -0.15) is 0 Å². The van der Waals surface area contributed by atoms with Crippen molar-refractivity contribution in [3.8, 4) is 0 Å². The summed E-state index contributed by atoms with van der Waals surface area (Å²) in [6.45, 7) is 6.22. The van der Waals surface area contributed by atoms with Crippen LogP contribution in [0.3, 0.4) is 0 Å². The van der Waals surface area contributed by atoms with E-state index in [9.17, 15) is 14.4 Å². The number of piperidine rings is 1. The van der Waals surface area contributed by atoms with Crippen LogP contribution in [0.4, 0.5) is 0 Å². The van der Waals surface area contributed by atoms with Crippen LogP contribution in [0.15, 0.2) is 35.7 Å². The third kappa shape index (κ3) is 3.51. The molecular formula is C18H20BN2O3S. The Labute approximate surface area is 152 Å². The monoisotopic (exact) mass is 355 g/mol. The maximum Gasteiger partial charge on any atom is 0.255 e. The molecule has 1 saturated heterocycles. The topological polar surface area (TPSA) is 66.5 Å². The summed E-state index contributed by atoms with van der Waals surface area (Å²) in [6.07, 6.45) is 3.40. The van der Waals surface area contributed by atoms with Gasteiger partial charge in [-0.1, -0.05) is 19.0 Å². The molecule has 1 fully saturated rings. The molecule has 1 aromatic carbocycles. The second-order valence-corrected chi connectivity index (χ2v) is 7.48. The zero-order chi connectivity index (χ0) is 18.0. The molecule has 1 radical (unpaired) electrons. The molecule has 0 bridgehead atoms. The molecular weight excluding hydrogens is 335 g/mol. The predicted molar refractivity (Wildman–Crippen MR) is 98.6 cm³/mol. The number of fused-ring (bicyclic) bond motifs is 1. The molecule has 1 N–H and O–H groups in total. The summed E-state index contributed by atoms with van der Waals surface area (Å²) >= 11 is 1.71. The molecule has 3 rings (SSSR count). The second kappa shape index (κ2) is 7.48. The summed E-state index contributed by atoms with van der Waals surface area (Å²) in [7, 11) is 2.13. The average molecular weight is 355 g/mol. The Hall–Kier alpha value is -2.02. The van der Waals surface area contributed by atoms with Crippen molar-refractivity contribution in [1.29, 1.82) is 0 Å². The van der Waals surface area contributed by atoms with E-state index in [4.69, 9.17) is 0 Å². The molecule has 2 atom stereocenters. The van der Waals surface area contributed by atoms with Crippen molar-refractivity contribution in [3.05, 3.63) is 42.0 Å². The Morgan fingerprint density at radius 1 is 1.44 bits per heavy atom. The number of thioether (sulfide) groups is 1. The van der Waals surface area contributed by atoms with E-state index in [1.54, 1.807) is 16.7 Å². The van der Waals surface area contributed by atoms with E-state index < -0.39 is 6.04 Å². The van der Waals surface area contributed by atoms with Gasteiger partial charge in [-0.05, 0) is 35.7 Å². The largest absolute Gasteiger partial charge is 0.322 e. The Morgan fingerprint density at radius 2 is 2.24 bits per heavy atom. The van der Waals surface area contributed by atoms with E-state index in [1.807, 2.05) is 31.1 Å². The van der Waals surface area contributed by atoms with Gasteiger partial charge in [0.1, 0.15) is 13.3 Å². The lowest BCUT2D eigenvalue weighted by molar-refractivity contribution is -0.136. The number of hydrogen-bond acceptors (Lipinski definition) is 4. The Balaban J connectivity index is 1.83. The molecule has 2 aliphatic heterocycles. The van der Waals surface area contributed by atoms with Crippen molar-refractivity contribution in [2.24, 2.45) is 0 Å². The minimum atomic E-state index is -0.572. The normalized spacial score (nSPS) is 20.9. The van der Waals surface area contributed by atoms with E-state index in [2.05, 4.69) is 19.2 Å². The van der Waals surface area contributed by atoms with Crippen LogP contribution < -0.4 is 5.32 Å². The minimum absolute atomic E-state index is 0.132. The van der Waals surface area contributed by atoms with Gasteiger partial charge in [0, 0.05) is 23.4 Å². The number of imide groups is 1. The minimum Gasteiger partial charge on any atom is -0.322 e. The van der Waals surface area contributed by atoms with Gasteiger partial charge in [0.2, 0.25) is 11.8 Å². The van der Waals surface area contributed by atoms with Crippen molar-refractivity contribution >= 4 is 36.8 Å². The van der Waals surface area contributed by atoms with Crippen LogP contribution in [-0.2, 0) is 16.1 Å². The van der Waals surface area contributed by atoms with Crippen molar-refractivity contribution < 1.29 is 14.4 Å². The van der Waals surface area contributed by atoms with Gasteiger partial charge >= 0.3 is 0 Å². The first kappa shape index (κ1) is 17.8. The van der Waals surface area contributed by atoms with Crippen LogP contribution in [0.1, 0.15) is 35.2 Å². The van der Waals surface area contributed by atoms with Crippen LogP contribution in [-0.4, -0.2) is 41.1 Å². The molecule has 0 spiro atoms. The molecule has 25 heavy (non-hydrogen) atoms. The zero-order valence-corrected chi connectivity index (χ0v) is 15.0. The van der Waals surface area contributed by atoms with E-state index in [1.165, 1.54) is 0 Å². The van der Waals surface area contributed by atoms with Gasteiger partial charge in [-0.25, -0.2) is 0 Å². The summed E-state index contributed by atoms with van der Waals surface area (Å²) in [6, 6.07) is 5.14. The van der Waals surface area contributed by atoms with E-state index >= 15 is 0 Å². The van der Waals surface area contributed by atoms with E-state index in [-0.39, 0.29) is 24.1 Å². The molecule has 0 aromatic heterocycles. The third-order valence-electron chi connectivity index (χ3n) is 4.59. The zero-order valence-electron chi connectivity index (χ0n) is 14.2. The fourth-order valence-electron chi connectivity index (χ4n) is 3.25. The first-order valence-corrected chi connectivity index (χ1v) is 9.26. The molecule has 2 aliphatic rings. The molecule has 0 saturated carbocycles. The van der Waals surface area contributed by atoms with E-state index in [0.717, 1.165) is 16.9 Å². The summed E-state index contributed by atoms with van der Waals surface area (Å²) in [5.41, 5.74) is 1.63. The standard InChI is InChI=1S/C18H20BN2O3S/c1-3-5-15(19-2)25-14-7-4-6-11-12(14)10-21(18(11)24)13-8-9-16(22)20-17(13)23/h3-4,6-7,13,15H,1,5,8-10H2,2H3,(H,20,22,23). The fraction of sp³-hybridized carbons (Fsp3) is 0.389. The van der Waals surface area contributed by atoms with Gasteiger partial charge < -0.3 is 4.90 Å². The lowest BCUT2D eigenvalue weighted by atomic mass is 9.76. The Kier molecular flexibility index (Phi) is 5.32. The van der Waals surface area contributed by atoms with Crippen LogP contribution in [0.25, 0.3) is 0 Å². The van der Waals surface area contributed by atoms with Gasteiger partial charge in [0.25, 0.3) is 5.91 Å². The number of carbonyl (C=O) groups excluding carboxylic acids is 3. The third-order valence-corrected chi connectivity index (χ3v) is 5.99. The van der Waals surface area contributed by atoms with Crippen LogP contribution in [0.5, 0.6) is 0 Å². The van der Waals surface area contributed by atoms with E-state index in [0.29, 0.717) is 23.7 Å². The quantitative estimate of drug-likeness (QED) is 0.368. The van der Waals surface area contributed by atoms with Gasteiger partial charge in [-0.15, -0.1) is 18.3 Å². The number of amides is 3. The molecule has 2 heterocycles. The summed E-state index contributed by atoms with van der Waals surface area (Å²) in [5, 5.41) is 2.63. The SMILES string of the molecule is C=CCC([B]C)Sc1cccc2c1CN(C1CCC(=O)NC1=O)C2=O. The Bertz CT molecular complexity index is 737. The predicted octanol–water partition coefficient (Wildman–Crippen LogP) is 2.19. The second-order valence-electron chi connectivity index (χ2n) is 6.20. The lowest BCUT2D eigenvalue weighted by Gasteiger charge is -2.29. The summed E-state index contributed by atoms with van der Waals surface area (Å²) < 4.78 is 0. The lowest BCUT2D eigenvalue weighted by Crippen LogP contribution is -2.52. The number of hydrogen-bond donors (Lipinski definition) is 1. The highest BCUT2D eigenvalue weighted by atomic mass is 32.2. The highest BCUT2D eigenvalue weighted by Gasteiger charge is 2.39. The van der Waals surface area contributed by atoms with Crippen molar-refractivity contribution in [2.45, 2.75) is 48.7 Å². The smallest absolute Gasteiger partial charge is 0.255 e. The molecule has 5 nitrogen and oxygen atoms in total. The number of rotatable bonds is 6. The van der Waals surface area contributed by atoms with Gasteiger partial charge in [0.15, 0.2) is 0 Å². The van der Waals surface area contributed by atoms with Crippen molar-refractivity contribution in [1.82, 2.24) is 10.2 Å². The van der Waals surface area contributed by atoms with Crippen LogP contribution in [0, 0.1) is 0 Å². The molecule has 1 aromatic rings. The number of carbonyl (C=O) groups is 3. The highest BCUT2D eigenvalue weighted by molar-refractivity contribution is 8.01. The van der Waals surface area contributed by atoms with Crippen LogP contribution in [0.2, 0.25) is 6.82 Å². The summed E-state index contributed by atoms with van der Waals surface area (Å²) in [4.78, 5) is 38.9. The van der Waals surface area contributed by atoms with Gasteiger partial charge in [-0.3, -0.25) is 19.7 Å². The molecule has 0 aliphatic carbocycles. The number of allylic oxidation sites excluding steroid dienone is 1. The van der Waals surface area contributed by atoms with Gasteiger partial charge in [0.05, 0.1) is 0 Å². The highest BCUT2D eigenvalue weighted by Crippen LogP contribution is 2.36. The Morgan fingerprint density at radius 3 is 2.92 bits per heavy atom. The summed E-state index contributed by atoms with van der Waals surface area (Å²) in [5.74, 6) is -0.780. The number of nitrogens with one attached hydrogen (secondary N) is 1. The average Bonchev–Trinajstić information content (AvgIpc) is 2.92. The van der Waals surface area contributed by atoms with Crippen LogP contribution >= 0.6 is 11.8 Å². The first-order chi connectivity index (χ1) is 12.0. The molecule has 3 amide bonds. The number of benzene rings is 1. The van der Waals surface area contributed by atoms with Crippen molar-refractivity contribution in [3.63, 3.8) is 0 Å². The maximum atomic E-state index is 12.8. The van der Waals surface area contributed by atoms with Crippen molar-refractivity contribution in [2.75, 3.05) is 0 Å². The molecule has 129 valence electrons. The fourth-order valence-corrected chi connectivity index (χ4v) is 4.42. The number of nitrogens with zero attached hydrogens (tertiary/aromatic N) is 1.